The number of carboxylic acid groups (broad SMARTS) is 1. The molecule has 0 radical (unpaired) electrons. The zero-order valence-corrected chi connectivity index (χ0v) is 11.5. The van der Waals surface area contributed by atoms with Gasteiger partial charge in [0.05, 0.1) is 11.5 Å². The molecule has 1 amide bonds. The van der Waals surface area contributed by atoms with E-state index in [1.807, 2.05) is 6.92 Å². The predicted molar refractivity (Wildman–Crippen MR) is 72.6 cm³/mol. The number of carboxylic acids is 1. The van der Waals surface area contributed by atoms with Gasteiger partial charge in [-0.15, -0.1) is 0 Å². The summed E-state index contributed by atoms with van der Waals surface area (Å²) in [5.41, 5.74) is 0.724. The zero-order chi connectivity index (χ0) is 14.9. The van der Waals surface area contributed by atoms with Gasteiger partial charge in [-0.1, -0.05) is 25.1 Å². The van der Waals surface area contributed by atoms with E-state index in [1.165, 1.54) is 11.8 Å². The number of nitrogens with zero attached hydrogens (tertiary/aromatic N) is 1. The van der Waals surface area contributed by atoms with Gasteiger partial charge in [0.2, 0.25) is 0 Å². The van der Waals surface area contributed by atoms with E-state index >= 15 is 0 Å². The number of hydrogen-bond donors (Lipinski definition) is 1. The van der Waals surface area contributed by atoms with Gasteiger partial charge >= 0.3 is 5.97 Å². The Hall–Kier alpha value is -2.17. The van der Waals surface area contributed by atoms with Crippen LogP contribution in [0.15, 0.2) is 24.3 Å². The first kappa shape index (κ1) is 14.2. The average molecular weight is 275 g/mol. The number of benzene rings is 1. The molecule has 1 N–H and O–H groups in total. The number of rotatable bonds is 3. The van der Waals surface area contributed by atoms with Crippen LogP contribution in [0.2, 0.25) is 0 Å². The maximum absolute atomic E-state index is 12.5. The molecule has 0 unspecified atom stereocenters. The van der Waals surface area contributed by atoms with E-state index in [9.17, 15) is 14.4 Å². The Morgan fingerprint density at radius 1 is 1.15 bits per heavy atom. The SMILES string of the molecule is CC(=O)c1ccccc1C(=O)N1C[C@@H](C)[C@H](C(=O)O)C1. The summed E-state index contributed by atoms with van der Waals surface area (Å²) in [7, 11) is 0. The van der Waals surface area contributed by atoms with E-state index in [-0.39, 0.29) is 24.2 Å². The highest BCUT2D eigenvalue weighted by atomic mass is 16.4. The minimum atomic E-state index is -0.882. The molecule has 106 valence electrons. The van der Waals surface area contributed by atoms with Crippen molar-refractivity contribution in [1.29, 1.82) is 0 Å². The Balaban J connectivity index is 2.26. The van der Waals surface area contributed by atoms with Gasteiger partial charge in [0.1, 0.15) is 0 Å². The highest BCUT2D eigenvalue weighted by Gasteiger charge is 2.37. The van der Waals surface area contributed by atoms with Crippen LogP contribution in [0.5, 0.6) is 0 Å². The Labute approximate surface area is 117 Å². The molecule has 1 heterocycles. The molecule has 20 heavy (non-hydrogen) atoms. The van der Waals surface area contributed by atoms with Gasteiger partial charge in [-0.05, 0) is 18.9 Å². The van der Waals surface area contributed by atoms with Crippen molar-refractivity contribution in [3.05, 3.63) is 35.4 Å². The maximum Gasteiger partial charge on any atom is 0.308 e. The molecule has 1 aromatic carbocycles. The number of Topliss-reactive ketones (excluding diaryl/α,β-unsaturated/α-hetero) is 1. The summed E-state index contributed by atoms with van der Waals surface area (Å²) >= 11 is 0. The third-order valence-electron chi connectivity index (χ3n) is 3.75. The third kappa shape index (κ3) is 2.57. The van der Waals surface area contributed by atoms with Crippen LogP contribution in [-0.4, -0.2) is 40.8 Å². The molecule has 2 rings (SSSR count). The van der Waals surface area contributed by atoms with Gasteiger partial charge < -0.3 is 10.0 Å². The Morgan fingerprint density at radius 3 is 2.25 bits per heavy atom. The van der Waals surface area contributed by atoms with Crippen LogP contribution in [0.3, 0.4) is 0 Å². The summed E-state index contributed by atoms with van der Waals surface area (Å²) in [5.74, 6) is -1.94. The monoisotopic (exact) mass is 275 g/mol. The predicted octanol–water partition coefficient (Wildman–Crippen LogP) is 1.68. The summed E-state index contributed by atoms with van der Waals surface area (Å²) in [6.07, 6.45) is 0. The lowest BCUT2D eigenvalue weighted by Gasteiger charge is -2.17. The maximum atomic E-state index is 12.5. The molecule has 1 aliphatic heterocycles. The van der Waals surface area contributed by atoms with Crippen molar-refractivity contribution in [2.75, 3.05) is 13.1 Å². The van der Waals surface area contributed by atoms with Crippen molar-refractivity contribution >= 4 is 17.7 Å². The van der Waals surface area contributed by atoms with Crippen molar-refractivity contribution in [2.45, 2.75) is 13.8 Å². The van der Waals surface area contributed by atoms with Crippen molar-refractivity contribution in [3.8, 4) is 0 Å². The van der Waals surface area contributed by atoms with E-state index in [2.05, 4.69) is 0 Å². The lowest BCUT2D eigenvalue weighted by molar-refractivity contribution is -0.142. The highest BCUT2D eigenvalue weighted by Crippen LogP contribution is 2.25. The molecule has 1 fully saturated rings. The van der Waals surface area contributed by atoms with Crippen molar-refractivity contribution in [1.82, 2.24) is 4.90 Å². The summed E-state index contributed by atoms with van der Waals surface area (Å²) < 4.78 is 0. The fraction of sp³-hybridized carbons (Fsp3) is 0.400. The summed E-state index contributed by atoms with van der Waals surface area (Å²) in [6.45, 7) is 3.84. The van der Waals surface area contributed by atoms with Gasteiger partial charge in [0.15, 0.2) is 5.78 Å². The molecule has 1 aromatic rings. The third-order valence-corrected chi connectivity index (χ3v) is 3.75. The second-order valence-corrected chi connectivity index (χ2v) is 5.23. The normalized spacial score (nSPS) is 21.8. The minimum Gasteiger partial charge on any atom is -0.481 e. The summed E-state index contributed by atoms with van der Waals surface area (Å²) in [4.78, 5) is 36.6. The number of carbonyl (C=O) groups excluding carboxylic acids is 2. The molecule has 1 saturated heterocycles. The van der Waals surface area contributed by atoms with Crippen LogP contribution >= 0.6 is 0 Å². The van der Waals surface area contributed by atoms with E-state index in [0.717, 1.165) is 0 Å². The molecule has 1 aliphatic rings. The number of ketones is 1. The summed E-state index contributed by atoms with van der Waals surface area (Å²) in [6, 6.07) is 6.63. The Kier molecular flexibility index (Phi) is 3.88. The van der Waals surface area contributed by atoms with E-state index < -0.39 is 11.9 Å². The zero-order valence-electron chi connectivity index (χ0n) is 11.5. The molecule has 0 saturated carbocycles. The van der Waals surface area contributed by atoms with Crippen LogP contribution in [0.4, 0.5) is 0 Å². The highest BCUT2D eigenvalue weighted by molar-refractivity contribution is 6.07. The first-order valence-corrected chi connectivity index (χ1v) is 6.54. The van der Waals surface area contributed by atoms with Gasteiger partial charge in [0.25, 0.3) is 5.91 Å². The second kappa shape index (κ2) is 5.45. The van der Waals surface area contributed by atoms with Crippen LogP contribution in [-0.2, 0) is 4.79 Å². The van der Waals surface area contributed by atoms with Gasteiger partial charge in [-0.2, -0.15) is 0 Å². The van der Waals surface area contributed by atoms with Crippen LogP contribution in [0.25, 0.3) is 0 Å². The largest absolute Gasteiger partial charge is 0.481 e. The number of likely N-dealkylation sites (tertiary alicyclic amines) is 1. The fourth-order valence-corrected chi connectivity index (χ4v) is 2.60. The lowest BCUT2D eigenvalue weighted by Crippen LogP contribution is -2.31. The topological polar surface area (TPSA) is 74.7 Å². The van der Waals surface area contributed by atoms with Crippen LogP contribution in [0, 0.1) is 11.8 Å². The van der Waals surface area contributed by atoms with Gasteiger partial charge in [-0.3, -0.25) is 14.4 Å². The van der Waals surface area contributed by atoms with E-state index in [0.29, 0.717) is 17.7 Å². The van der Waals surface area contributed by atoms with E-state index in [1.54, 1.807) is 24.3 Å². The van der Waals surface area contributed by atoms with Crippen molar-refractivity contribution in [3.63, 3.8) is 0 Å². The second-order valence-electron chi connectivity index (χ2n) is 5.23. The number of amides is 1. The van der Waals surface area contributed by atoms with E-state index in [4.69, 9.17) is 5.11 Å². The first-order valence-electron chi connectivity index (χ1n) is 6.54. The van der Waals surface area contributed by atoms with Crippen LogP contribution in [0.1, 0.15) is 34.6 Å². The Morgan fingerprint density at radius 2 is 1.75 bits per heavy atom. The van der Waals surface area contributed by atoms with Crippen molar-refractivity contribution < 1.29 is 19.5 Å². The molecule has 5 nitrogen and oxygen atoms in total. The van der Waals surface area contributed by atoms with Crippen molar-refractivity contribution in [2.24, 2.45) is 11.8 Å². The molecular formula is C15H17NO4. The summed E-state index contributed by atoms with van der Waals surface area (Å²) in [5, 5.41) is 9.10. The molecule has 0 aromatic heterocycles. The first-order chi connectivity index (χ1) is 9.41. The smallest absolute Gasteiger partial charge is 0.308 e. The molecule has 0 aliphatic carbocycles. The standard InChI is InChI=1S/C15H17NO4/c1-9-7-16(8-13(9)15(19)20)14(18)12-6-4-3-5-11(12)10(2)17/h3-6,9,13H,7-8H2,1-2H3,(H,19,20)/t9-,13-/m1/s1. The number of carbonyl (C=O) groups is 3. The molecule has 0 spiro atoms. The Bertz CT molecular complexity index is 567. The fourth-order valence-electron chi connectivity index (χ4n) is 2.60. The molecule has 5 heteroatoms. The quantitative estimate of drug-likeness (QED) is 0.852. The lowest BCUT2D eigenvalue weighted by atomic mass is 9.99. The average Bonchev–Trinajstić information content (AvgIpc) is 2.80. The van der Waals surface area contributed by atoms with Crippen LogP contribution < -0.4 is 0 Å². The van der Waals surface area contributed by atoms with Gasteiger partial charge in [-0.25, -0.2) is 0 Å². The molecule has 2 atom stereocenters. The number of hydrogen-bond acceptors (Lipinski definition) is 3. The van der Waals surface area contributed by atoms with Gasteiger partial charge in [0, 0.05) is 18.7 Å². The molecular weight excluding hydrogens is 258 g/mol. The minimum absolute atomic E-state index is 0.0825. The number of aliphatic carboxylic acids is 1. The molecule has 0 bridgehead atoms.